The van der Waals surface area contributed by atoms with Crippen molar-refractivity contribution < 1.29 is 4.79 Å². The summed E-state index contributed by atoms with van der Waals surface area (Å²) in [4.78, 5) is 16.1. The molecule has 0 unspecified atom stereocenters. The van der Waals surface area contributed by atoms with Crippen LogP contribution in [0.1, 0.15) is 52.4 Å². The highest BCUT2D eigenvalue weighted by atomic mass is 32.2. The zero-order chi connectivity index (χ0) is 13.7. The third-order valence-corrected chi connectivity index (χ3v) is 5.17. The topological polar surface area (TPSA) is 53.5 Å². The minimum Gasteiger partial charge on any atom is -0.359 e. The number of nitrogens with zero attached hydrogens (tertiary/aromatic N) is 1. The average molecular weight is 283 g/mol. The quantitative estimate of drug-likeness (QED) is 0.705. The standard InChI is InChI=1S/C14H25N3OS/c1-3-14(4-2)10-19-13(17-14)15-9-5-6-12(18)16-11-7-8-11/h11H,3-10H2,1-2H3,(H,15,17)(H,16,18). The van der Waals surface area contributed by atoms with E-state index in [1.165, 1.54) is 0 Å². The third kappa shape index (κ3) is 4.41. The molecule has 0 bridgehead atoms. The van der Waals surface area contributed by atoms with Gasteiger partial charge < -0.3 is 10.6 Å². The van der Waals surface area contributed by atoms with Gasteiger partial charge in [0, 0.05) is 30.3 Å². The van der Waals surface area contributed by atoms with Crippen molar-refractivity contribution >= 4 is 22.8 Å². The van der Waals surface area contributed by atoms with Gasteiger partial charge in [0.05, 0.1) is 0 Å². The molecule has 1 saturated heterocycles. The molecule has 0 aromatic heterocycles. The lowest BCUT2D eigenvalue weighted by molar-refractivity contribution is -0.121. The maximum absolute atomic E-state index is 11.5. The second kappa shape index (κ2) is 6.64. The van der Waals surface area contributed by atoms with Gasteiger partial charge in [-0.05, 0) is 32.1 Å². The summed E-state index contributed by atoms with van der Waals surface area (Å²) in [5, 5.41) is 7.61. The molecular weight excluding hydrogens is 258 g/mol. The molecule has 2 rings (SSSR count). The Hall–Kier alpha value is -0.710. The van der Waals surface area contributed by atoms with E-state index in [1.54, 1.807) is 0 Å². The largest absolute Gasteiger partial charge is 0.359 e. The van der Waals surface area contributed by atoms with Gasteiger partial charge in [-0.2, -0.15) is 0 Å². The van der Waals surface area contributed by atoms with Gasteiger partial charge in [-0.25, -0.2) is 0 Å². The molecule has 0 aromatic rings. The molecule has 1 aliphatic heterocycles. The lowest BCUT2D eigenvalue weighted by atomic mass is 9.96. The first-order valence-electron chi connectivity index (χ1n) is 7.42. The lowest BCUT2D eigenvalue weighted by Gasteiger charge is -2.25. The maximum Gasteiger partial charge on any atom is 0.220 e. The summed E-state index contributed by atoms with van der Waals surface area (Å²) in [7, 11) is 0. The van der Waals surface area contributed by atoms with Crippen molar-refractivity contribution in [3.05, 3.63) is 0 Å². The minimum absolute atomic E-state index is 0.186. The van der Waals surface area contributed by atoms with E-state index in [0.29, 0.717) is 12.5 Å². The summed E-state index contributed by atoms with van der Waals surface area (Å²) in [6.45, 7) is 5.20. The number of rotatable bonds is 7. The van der Waals surface area contributed by atoms with Crippen LogP contribution < -0.4 is 10.6 Å². The Morgan fingerprint density at radius 3 is 2.79 bits per heavy atom. The van der Waals surface area contributed by atoms with Crippen molar-refractivity contribution in [2.45, 2.75) is 64.0 Å². The molecule has 1 heterocycles. The van der Waals surface area contributed by atoms with Crippen LogP contribution in [0.2, 0.25) is 0 Å². The van der Waals surface area contributed by atoms with Crippen LogP contribution in [0.25, 0.3) is 0 Å². The first-order chi connectivity index (χ1) is 9.17. The van der Waals surface area contributed by atoms with Gasteiger partial charge in [-0.15, -0.1) is 0 Å². The fourth-order valence-corrected chi connectivity index (χ4v) is 3.53. The molecule has 0 atom stereocenters. The fourth-order valence-electron chi connectivity index (χ4n) is 2.17. The van der Waals surface area contributed by atoms with Crippen LogP contribution in [0.5, 0.6) is 0 Å². The van der Waals surface area contributed by atoms with Crippen LogP contribution >= 0.6 is 11.8 Å². The average Bonchev–Trinajstić information content (AvgIpc) is 3.13. The zero-order valence-corrected chi connectivity index (χ0v) is 12.8. The summed E-state index contributed by atoms with van der Waals surface area (Å²) in [5.74, 6) is 1.30. The minimum atomic E-state index is 0.186. The molecule has 1 amide bonds. The van der Waals surface area contributed by atoms with E-state index in [-0.39, 0.29) is 11.4 Å². The zero-order valence-electron chi connectivity index (χ0n) is 12.0. The third-order valence-electron chi connectivity index (χ3n) is 3.97. The number of thioether (sulfide) groups is 1. The van der Waals surface area contributed by atoms with Gasteiger partial charge in [-0.3, -0.25) is 9.79 Å². The molecule has 19 heavy (non-hydrogen) atoms. The second-order valence-corrected chi connectivity index (χ2v) is 6.50. The van der Waals surface area contributed by atoms with Crippen molar-refractivity contribution in [3.8, 4) is 0 Å². The summed E-state index contributed by atoms with van der Waals surface area (Å²) in [5.41, 5.74) is 0.243. The summed E-state index contributed by atoms with van der Waals surface area (Å²) in [6.07, 6.45) is 6.04. The van der Waals surface area contributed by atoms with E-state index >= 15 is 0 Å². The smallest absolute Gasteiger partial charge is 0.220 e. The first-order valence-corrected chi connectivity index (χ1v) is 8.41. The molecule has 2 fully saturated rings. The number of amidine groups is 1. The number of carbonyl (C=O) groups is 1. The Labute approximate surface area is 120 Å². The van der Waals surface area contributed by atoms with Crippen molar-refractivity contribution in [2.24, 2.45) is 4.99 Å². The summed E-state index contributed by atoms with van der Waals surface area (Å²) in [6, 6.07) is 0.473. The highest BCUT2D eigenvalue weighted by Crippen LogP contribution is 2.28. The Morgan fingerprint density at radius 1 is 1.47 bits per heavy atom. The normalized spacial score (nSPS) is 23.4. The molecule has 2 aliphatic rings. The number of carbonyl (C=O) groups excluding carboxylic acids is 1. The number of hydrogen-bond acceptors (Lipinski definition) is 3. The maximum atomic E-state index is 11.5. The van der Waals surface area contributed by atoms with Crippen molar-refractivity contribution in [3.63, 3.8) is 0 Å². The van der Waals surface area contributed by atoms with Gasteiger partial charge in [0.1, 0.15) is 0 Å². The number of aliphatic imine (C=N–C) groups is 1. The summed E-state index contributed by atoms with van der Waals surface area (Å²) >= 11 is 1.82. The second-order valence-electron chi connectivity index (χ2n) is 5.53. The molecule has 2 N–H and O–H groups in total. The summed E-state index contributed by atoms with van der Waals surface area (Å²) < 4.78 is 0. The fraction of sp³-hybridized carbons (Fsp3) is 0.857. The molecule has 4 nitrogen and oxygen atoms in total. The van der Waals surface area contributed by atoms with Gasteiger partial charge in [-0.1, -0.05) is 25.6 Å². The van der Waals surface area contributed by atoms with E-state index in [0.717, 1.165) is 49.6 Å². The molecule has 1 aliphatic carbocycles. The molecule has 0 aromatic carbocycles. The van der Waals surface area contributed by atoms with Crippen molar-refractivity contribution in [1.29, 1.82) is 0 Å². The number of nitrogens with one attached hydrogen (secondary N) is 2. The Balaban J connectivity index is 1.64. The van der Waals surface area contributed by atoms with Crippen molar-refractivity contribution in [1.82, 2.24) is 10.6 Å². The molecular formula is C14H25N3OS. The van der Waals surface area contributed by atoms with Crippen LogP contribution in [0.3, 0.4) is 0 Å². The molecule has 0 spiro atoms. The van der Waals surface area contributed by atoms with E-state index in [4.69, 9.17) is 0 Å². The van der Waals surface area contributed by atoms with Crippen LogP contribution in [-0.4, -0.2) is 35.0 Å². The molecule has 1 saturated carbocycles. The lowest BCUT2D eigenvalue weighted by Crippen LogP contribution is -2.42. The predicted octanol–water partition coefficient (Wildman–Crippen LogP) is 2.30. The molecule has 108 valence electrons. The van der Waals surface area contributed by atoms with Gasteiger partial charge in [0.2, 0.25) is 5.91 Å². The number of amides is 1. The van der Waals surface area contributed by atoms with Gasteiger partial charge in [0.25, 0.3) is 0 Å². The highest BCUT2D eigenvalue weighted by Gasteiger charge is 2.33. The Bertz CT molecular complexity index is 349. The predicted molar refractivity (Wildman–Crippen MR) is 81.6 cm³/mol. The van der Waals surface area contributed by atoms with Crippen LogP contribution in [0.15, 0.2) is 4.99 Å². The Morgan fingerprint density at radius 2 is 2.21 bits per heavy atom. The van der Waals surface area contributed by atoms with Gasteiger partial charge in [0.15, 0.2) is 5.17 Å². The van der Waals surface area contributed by atoms with Gasteiger partial charge >= 0.3 is 0 Å². The van der Waals surface area contributed by atoms with Crippen molar-refractivity contribution in [2.75, 3.05) is 12.3 Å². The van der Waals surface area contributed by atoms with E-state index in [9.17, 15) is 4.79 Å². The van der Waals surface area contributed by atoms with E-state index < -0.39 is 0 Å². The Kier molecular flexibility index (Phi) is 5.13. The SMILES string of the molecule is CCC1(CC)CSC(=NCCCC(=O)NC2CC2)N1. The number of hydrogen-bond donors (Lipinski definition) is 2. The first kappa shape index (κ1) is 14.7. The monoisotopic (exact) mass is 283 g/mol. The van der Waals surface area contributed by atoms with Crippen LogP contribution in [-0.2, 0) is 4.79 Å². The van der Waals surface area contributed by atoms with Crippen LogP contribution in [0.4, 0.5) is 0 Å². The van der Waals surface area contributed by atoms with E-state index in [2.05, 4.69) is 29.5 Å². The highest BCUT2D eigenvalue weighted by molar-refractivity contribution is 8.14. The molecule has 0 radical (unpaired) electrons. The molecule has 5 heteroatoms. The van der Waals surface area contributed by atoms with Crippen LogP contribution in [0, 0.1) is 0 Å². The van der Waals surface area contributed by atoms with E-state index in [1.807, 2.05) is 11.8 Å².